The molecule has 8 nitrogen and oxygen atoms in total. The summed E-state index contributed by atoms with van der Waals surface area (Å²) in [6.45, 7) is 4.83. The van der Waals surface area contributed by atoms with Gasteiger partial charge in [-0.2, -0.15) is 5.10 Å². The molecule has 0 spiro atoms. The van der Waals surface area contributed by atoms with Crippen LogP contribution in [0.5, 0.6) is 0 Å². The van der Waals surface area contributed by atoms with Crippen LogP contribution in [0.2, 0.25) is 0 Å². The third kappa shape index (κ3) is 4.09. The molecule has 1 aliphatic heterocycles. The van der Waals surface area contributed by atoms with Gasteiger partial charge in [0.05, 0.1) is 22.3 Å². The van der Waals surface area contributed by atoms with Gasteiger partial charge >= 0.3 is 0 Å². The van der Waals surface area contributed by atoms with E-state index in [1.807, 2.05) is 43.1 Å². The first-order chi connectivity index (χ1) is 18.6. The van der Waals surface area contributed by atoms with Gasteiger partial charge in [0.1, 0.15) is 5.69 Å². The minimum atomic E-state index is 0.0687. The first-order valence-electron chi connectivity index (χ1n) is 12.7. The summed E-state index contributed by atoms with van der Waals surface area (Å²) in [4.78, 5) is 33.2. The Morgan fingerprint density at radius 2 is 1.82 bits per heavy atom. The van der Waals surface area contributed by atoms with Crippen molar-refractivity contribution >= 4 is 39.1 Å². The van der Waals surface area contributed by atoms with E-state index in [0.717, 1.165) is 79.4 Å². The number of likely N-dealkylation sites (tertiary alicyclic amines) is 1. The highest BCUT2D eigenvalue weighted by molar-refractivity contribution is 7.17. The van der Waals surface area contributed by atoms with E-state index in [1.165, 1.54) is 29.7 Å². The molecular weight excluding hydrogens is 494 g/mol. The van der Waals surface area contributed by atoms with E-state index in [0.29, 0.717) is 0 Å². The fourth-order valence-corrected chi connectivity index (χ4v) is 6.17. The topological polar surface area (TPSA) is 103 Å². The van der Waals surface area contributed by atoms with E-state index in [2.05, 4.69) is 53.2 Å². The Morgan fingerprint density at radius 3 is 2.66 bits per heavy atom. The number of hydrogen-bond acceptors (Lipinski definition) is 7. The second-order valence-electron chi connectivity index (χ2n) is 9.81. The highest BCUT2D eigenvalue weighted by Gasteiger charge is 2.17. The minimum Gasteiger partial charge on any atom is -0.352 e. The van der Waals surface area contributed by atoms with Crippen molar-refractivity contribution in [2.75, 3.05) is 13.1 Å². The fourth-order valence-electron chi connectivity index (χ4n) is 5.24. The number of pyridine rings is 3. The van der Waals surface area contributed by atoms with Crippen LogP contribution in [0.1, 0.15) is 35.0 Å². The Labute approximate surface area is 222 Å². The predicted molar refractivity (Wildman–Crippen MR) is 150 cm³/mol. The number of nitrogens with zero attached hydrogens (tertiary/aromatic N) is 5. The SMILES string of the molecule is CC(=O)c1ccc(-c2cncc3[nH]c(-c4n[nH]c5ncc(-c6cncc(CN7CCCC7)c6)cc45)cc23)s1. The Hall–Kier alpha value is -4.21. The predicted octanol–water partition coefficient (Wildman–Crippen LogP) is 6.09. The molecule has 0 saturated carbocycles. The van der Waals surface area contributed by atoms with E-state index < -0.39 is 0 Å². The molecule has 0 aromatic carbocycles. The zero-order chi connectivity index (χ0) is 25.6. The lowest BCUT2D eigenvalue weighted by atomic mass is 10.1. The zero-order valence-corrected chi connectivity index (χ0v) is 21.7. The fraction of sp³-hybridized carbons (Fsp3) is 0.207. The number of thiophene rings is 1. The second-order valence-corrected chi connectivity index (χ2v) is 10.9. The summed E-state index contributed by atoms with van der Waals surface area (Å²) in [5.41, 5.74) is 7.57. The average molecular weight is 520 g/mol. The van der Waals surface area contributed by atoms with Crippen molar-refractivity contribution < 1.29 is 4.79 Å². The Kier molecular flexibility index (Phi) is 5.60. The molecule has 1 saturated heterocycles. The summed E-state index contributed by atoms with van der Waals surface area (Å²) in [5, 5.41) is 9.65. The van der Waals surface area contributed by atoms with Gasteiger partial charge in [-0.1, -0.05) is 0 Å². The summed E-state index contributed by atoms with van der Waals surface area (Å²) in [6, 6.07) is 10.3. The number of fused-ring (bicyclic) bond motifs is 2. The molecule has 0 aliphatic carbocycles. The molecule has 9 heteroatoms. The van der Waals surface area contributed by atoms with Gasteiger partial charge in [0.15, 0.2) is 11.4 Å². The molecule has 1 aliphatic rings. The number of H-pyrrole nitrogens is 2. The molecule has 38 heavy (non-hydrogen) atoms. The van der Waals surface area contributed by atoms with Gasteiger partial charge in [-0.05, 0) is 68.8 Å². The Morgan fingerprint density at radius 1 is 0.974 bits per heavy atom. The van der Waals surface area contributed by atoms with Crippen molar-refractivity contribution in [3.8, 4) is 33.0 Å². The average Bonchev–Trinajstić information content (AvgIpc) is 3.74. The number of ketones is 1. The molecule has 0 amide bonds. The molecule has 6 aromatic heterocycles. The highest BCUT2D eigenvalue weighted by Crippen LogP contribution is 2.36. The number of carbonyl (C=O) groups excluding carboxylic acids is 1. The molecule has 0 bridgehead atoms. The van der Waals surface area contributed by atoms with Crippen LogP contribution in [0.3, 0.4) is 0 Å². The lowest BCUT2D eigenvalue weighted by Crippen LogP contribution is -2.18. The highest BCUT2D eigenvalue weighted by atomic mass is 32.1. The Bertz CT molecular complexity index is 1810. The summed E-state index contributed by atoms with van der Waals surface area (Å²) < 4.78 is 0. The lowest BCUT2D eigenvalue weighted by Gasteiger charge is -2.14. The summed E-state index contributed by atoms with van der Waals surface area (Å²) in [6.07, 6.45) is 11.9. The standard InChI is InChI=1S/C29H25N7OS/c1-17(37)26-4-5-27(38-26)23-14-31-15-25-21(23)10-24(33-25)28-22-9-20(13-32-29(22)35-34-28)19-8-18(11-30-12-19)16-36-6-2-3-7-36/h4-5,8-15,33H,2-3,6-7,16H2,1H3,(H,32,34,35). The smallest absolute Gasteiger partial charge is 0.169 e. The maximum absolute atomic E-state index is 11.8. The van der Waals surface area contributed by atoms with Crippen LogP contribution >= 0.6 is 11.3 Å². The third-order valence-corrected chi connectivity index (χ3v) is 8.39. The molecule has 7 rings (SSSR count). The number of aromatic amines is 2. The largest absolute Gasteiger partial charge is 0.352 e. The van der Waals surface area contributed by atoms with Gasteiger partial charge in [-0.15, -0.1) is 11.3 Å². The monoisotopic (exact) mass is 519 g/mol. The molecule has 2 N–H and O–H groups in total. The zero-order valence-electron chi connectivity index (χ0n) is 20.9. The summed E-state index contributed by atoms with van der Waals surface area (Å²) in [7, 11) is 0. The number of Topliss-reactive ketones (excluding diaryl/α,β-unsaturated/α-hetero) is 1. The van der Waals surface area contributed by atoms with Crippen LogP contribution in [0, 0.1) is 0 Å². The van der Waals surface area contributed by atoms with Gasteiger partial charge in [0.2, 0.25) is 0 Å². The van der Waals surface area contributed by atoms with Crippen LogP contribution in [0.4, 0.5) is 0 Å². The minimum absolute atomic E-state index is 0.0687. The number of rotatable bonds is 6. The molecule has 0 radical (unpaired) electrons. The molecule has 0 unspecified atom stereocenters. The molecule has 7 heterocycles. The second kappa shape index (κ2) is 9.27. The molecular formula is C29H25N7OS. The molecule has 188 valence electrons. The van der Waals surface area contributed by atoms with Gasteiger partial charge < -0.3 is 4.98 Å². The van der Waals surface area contributed by atoms with Gasteiger partial charge in [-0.25, -0.2) is 4.98 Å². The molecule has 0 atom stereocenters. The first-order valence-corrected chi connectivity index (χ1v) is 13.5. The van der Waals surface area contributed by atoms with E-state index in [1.54, 1.807) is 6.92 Å². The van der Waals surface area contributed by atoms with Crippen molar-refractivity contribution in [3.05, 3.63) is 71.8 Å². The number of nitrogens with one attached hydrogen (secondary N) is 2. The molecule has 1 fully saturated rings. The van der Waals surface area contributed by atoms with Crippen LogP contribution in [0.15, 0.2) is 61.3 Å². The van der Waals surface area contributed by atoms with Crippen molar-refractivity contribution in [2.24, 2.45) is 0 Å². The van der Waals surface area contributed by atoms with E-state index >= 15 is 0 Å². The third-order valence-electron chi connectivity index (χ3n) is 7.17. The quantitative estimate of drug-likeness (QED) is 0.258. The van der Waals surface area contributed by atoms with Crippen molar-refractivity contribution in [1.29, 1.82) is 0 Å². The van der Waals surface area contributed by atoms with Crippen molar-refractivity contribution in [2.45, 2.75) is 26.3 Å². The number of carbonyl (C=O) groups is 1. The lowest BCUT2D eigenvalue weighted by molar-refractivity contribution is 0.102. The van der Waals surface area contributed by atoms with Gasteiger partial charge in [-0.3, -0.25) is 24.8 Å². The van der Waals surface area contributed by atoms with Crippen molar-refractivity contribution in [1.82, 2.24) is 35.0 Å². The normalized spacial score (nSPS) is 14.1. The summed E-state index contributed by atoms with van der Waals surface area (Å²) >= 11 is 1.48. The first kappa shape index (κ1) is 22.9. The van der Waals surface area contributed by atoms with E-state index in [9.17, 15) is 4.79 Å². The van der Waals surface area contributed by atoms with Gasteiger partial charge in [0, 0.05) is 63.7 Å². The maximum Gasteiger partial charge on any atom is 0.169 e. The maximum atomic E-state index is 11.8. The van der Waals surface area contributed by atoms with Crippen molar-refractivity contribution in [3.63, 3.8) is 0 Å². The van der Waals surface area contributed by atoms with Crippen LogP contribution in [-0.4, -0.2) is 53.9 Å². The number of aromatic nitrogens is 6. The van der Waals surface area contributed by atoms with Crippen LogP contribution in [-0.2, 0) is 6.54 Å². The van der Waals surface area contributed by atoms with E-state index in [-0.39, 0.29) is 5.78 Å². The van der Waals surface area contributed by atoms with Crippen LogP contribution in [0.25, 0.3) is 54.9 Å². The van der Waals surface area contributed by atoms with E-state index in [4.69, 9.17) is 0 Å². The Balaban J connectivity index is 1.27. The van der Waals surface area contributed by atoms with Gasteiger partial charge in [0.25, 0.3) is 0 Å². The number of hydrogen-bond donors (Lipinski definition) is 2. The van der Waals surface area contributed by atoms with Crippen LogP contribution < -0.4 is 0 Å². The molecule has 6 aromatic rings. The summed E-state index contributed by atoms with van der Waals surface area (Å²) in [5.74, 6) is 0.0687.